The lowest BCUT2D eigenvalue weighted by atomic mass is 10.0. The van der Waals surface area contributed by atoms with Gasteiger partial charge in [-0.15, -0.1) is 0 Å². The summed E-state index contributed by atoms with van der Waals surface area (Å²) in [5.74, 6) is -0.858. The predicted octanol–water partition coefficient (Wildman–Crippen LogP) is 23.3. The van der Waals surface area contributed by atoms with E-state index >= 15 is 0 Å². The van der Waals surface area contributed by atoms with Gasteiger partial charge < -0.3 is 14.2 Å². The highest BCUT2D eigenvalue weighted by Gasteiger charge is 2.19. The van der Waals surface area contributed by atoms with E-state index in [4.69, 9.17) is 14.2 Å². The van der Waals surface area contributed by atoms with Crippen molar-refractivity contribution < 1.29 is 28.6 Å². The van der Waals surface area contributed by atoms with Crippen LogP contribution in [0.4, 0.5) is 0 Å². The fourth-order valence-electron chi connectivity index (χ4n) is 9.92. The number of carbonyl (C=O) groups is 3. The van der Waals surface area contributed by atoms with Gasteiger partial charge in [0.1, 0.15) is 13.2 Å². The van der Waals surface area contributed by atoms with Crippen molar-refractivity contribution >= 4 is 17.9 Å². The lowest BCUT2D eigenvalue weighted by Crippen LogP contribution is -2.30. The summed E-state index contributed by atoms with van der Waals surface area (Å²) in [5, 5.41) is 0. The fraction of sp³-hybridized carbons (Fsp3) is 0.792. The lowest BCUT2D eigenvalue weighted by Gasteiger charge is -2.18. The van der Waals surface area contributed by atoms with Gasteiger partial charge in [-0.1, -0.05) is 331 Å². The Bertz CT molecular complexity index is 1440. The van der Waals surface area contributed by atoms with E-state index in [0.717, 1.165) is 103 Å². The van der Waals surface area contributed by atoms with Crippen LogP contribution in [0.2, 0.25) is 0 Å². The maximum atomic E-state index is 12.9. The average Bonchev–Trinajstić information content (AvgIpc) is 3.44. The quantitative estimate of drug-likeness (QED) is 0.0261. The second kappa shape index (κ2) is 66.4. The van der Waals surface area contributed by atoms with Crippen LogP contribution in [-0.2, 0) is 28.6 Å². The molecule has 0 N–H and O–H groups in total. The molecule has 0 aliphatic rings. The molecule has 0 heterocycles. The Balaban J connectivity index is 4.32. The third kappa shape index (κ3) is 63.7. The molecule has 0 spiro atoms. The van der Waals surface area contributed by atoms with Crippen molar-refractivity contribution in [1.29, 1.82) is 0 Å². The Labute approximate surface area is 484 Å². The third-order valence-corrected chi connectivity index (χ3v) is 15.0. The van der Waals surface area contributed by atoms with Crippen LogP contribution in [0.15, 0.2) is 72.9 Å². The zero-order valence-corrected chi connectivity index (χ0v) is 51.9. The molecule has 0 aromatic heterocycles. The Morgan fingerprint density at radius 3 is 0.782 bits per heavy atom. The highest BCUT2D eigenvalue weighted by molar-refractivity contribution is 5.71. The van der Waals surface area contributed by atoms with Gasteiger partial charge in [-0.25, -0.2) is 0 Å². The molecular formula is C72H128O6. The summed E-state index contributed by atoms with van der Waals surface area (Å²) in [6.45, 7) is 6.58. The topological polar surface area (TPSA) is 78.9 Å². The molecule has 0 aliphatic carbocycles. The minimum Gasteiger partial charge on any atom is -0.462 e. The van der Waals surface area contributed by atoms with Crippen molar-refractivity contribution in [2.45, 2.75) is 354 Å². The van der Waals surface area contributed by atoms with E-state index in [1.54, 1.807) is 0 Å². The van der Waals surface area contributed by atoms with Crippen LogP contribution in [0, 0.1) is 0 Å². The van der Waals surface area contributed by atoms with Gasteiger partial charge in [0, 0.05) is 19.3 Å². The summed E-state index contributed by atoms with van der Waals surface area (Å²) >= 11 is 0. The number of hydrogen-bond acceptors (Lipinski definition) is 6. The van der Waals surface area contributed by atoms with Crippen molar-refractivity contribution in [3.8, 4) is 0 Å². The van der Waals surface area contributed by atoms with Gasteiger partial charge in [0.15, 0.2) is 6.10 Å². The molecule has 78 heavy (non-hydrogen) atoms. The van der Waals surface area contributed by atoms with Crippen LogP contribution in [0.3, 0.4) is 0 Å². The molecule has 0 aromatic rings. The molecule has 6 nitrogen and oxygen atoms in total. The summed E-state index contributed by atoms with van der Waals surface area (Å²) in [7, 11) is 0. The molecule has 0 amide bonds. The van der Waals surface area contributed by atoms with Crippen LogP contribution >= 0.6 is 0 Å². The molecule has 0 aliphatic heterocycles. The third-order valence-electron chi connectivity index (χ3n) is 15.0. The maximum Gasteiger partial charge on any atom is 0.306 e. The van der Waals surface area contributed by atoms with E-state index in [-0.39, 0.29) is 31.1 Å². The Morgan fingerprint density at radius 2 is 0.500 bits per heavy atom. The van der Waals surface area contributed by atoms with Crippen molar-refractivity contribution in [3.05, 3.63) is 72.9 Å². The van der Waals surface area contributed by atoms with E-state index in [1.807, 2.05) is 0 Å². The second-order valence-corrected chi connectivity index (χ2v) is 22.7. The standard InChI is InChI=1S/C72H128O6/c1-4-7-10-13-16-19-22-25-28-31-32-33-34-35-36-37-38-39-40-42-44-47-50-53-56-59-62-65-71(74)77-68-69(67-76-70(73)64-61-58-55-52-49-46-43-30-27-24-21-18-15-12-9-6-3)78-72(75)66-63-60-57-54-51-48-45-41-29-26-23-20-17-14-11-8-5-2/h7,10,16,19,25,28,32-33,35-36,38-39,69H,4-6,8-9,11-15,17-18,20-24,26-27,29-31,34,37,40-68H2,1-3H3/b10-7-,19-16-,28-25-,33-32-,36-35-,39-38-. The molecule has 0 radical (unpaired) electrons. The molecular weight excluding hydrogens is 961 g/mol. The summed E-state index contributed by atoms with van der Waals surface area (Å²) in [4.78, 5) is 38.4. The van der Waals surface area contributed by atoms with E-state index in [0.29, 0.717) is 19.3 Å². The first-order chi connectivity index (χ1) is 38.5. The predicted molar refractivity (Wildman–Crippen MR) is 339 cm³/mol. The monoisotopic (exact) mass is 1090 g/mol. The minimum absolute atomic E-state index is 0.0723. The average molecular weight is 1090 g/mol. The molecule has 0 fully saturated rings. The number of esters is 3. The molecule has 0 rings (SSSR count). The number of unbranched alkanes of at least 4 members (excludes halogenated alkanes) is 39. The molecule has 1 unspecified atom stereocenters. The summed E-state index contributed by atoms with van der Waals surface area (Å²) in [6.07, 6.45) is 86.2. The number of carbonyl (C=O) groups excluding carboxylic acids is 3. The summed E-state index contributed by atoms with van der Waals surface area (Å²) < 4.78 is 17.0. The van der Waals surface area contributed by atoms with Gasteiger partial charge in [0.05, 0.1) is 0 Å². The van der Waals surface area contributed by atoms with Gasteiger partial charge in [-0.2, -0.15) is 0 Å². The first-order valence-corrected chi connectivity index (χ1v) is 33.9. The molecule has 0 saturated heterocycles. The van der Waals surface area contributed by atoms with Crippen LogP contribution in [0.25, 0.3) is 0 Å². The minimum atomic E-state index is -0.777. The first kappa shape index (κ1) is 74.8. The number of ether oxygens (including phenoxy) is 3. The maximum absolute atomic E-state index is 12.9. The van der Waals surface area contributed by atoms with Gasteiger partial charge in [-0.3, -0.25) is 14.4 Å². The number of rotatable bonds is 62. The van der Waals surface area contributed by atoms with Crippen LogP contribution < -0.4 is 0 Å². The van der Waals surface area contributed by atoms with Gasteiger partial charge >= 0.3 is 17.9 Å². The van der Waals surface area contributed by atoms with Crippen LogP contribution in [-0.4, -0.2) is 37.2 Å². The number of hydrogen-bond donors (Lipinski definition) is 0. The molecule has 0 aromatic carbocycles. The van der Waals surface area contributed by atoms with Crippen LogP contribution in [0.5, 0.6) is 0 Å². The van der Waals surface area contributed by atoms with Crippen LogP contribution in [0.1, 0.15) is 348 Å². The largest absolute Gasteiger partial charge is 0.462 e. The Kier molecular flexibility index (Phi) is 63.7. The summed E-state index contributed by atoms with van der Waals surface area (Å²) in [6, 6.07) is 0. The van der Waals surface area contributed by atoms with Crippen molar-refractivity contribution in [2.75, 3.05) is 13.2 Å². The zero-order valence-electron chi connectivity index (χ0n) is 51.9. The van der Waals surface area contributed by atoms with E-state index < -0.39 is 6.10 Å². The molecule has 6 heteroatoms. The summed E-state index contributed by atoms with van der Waals surface area (Å²) in [5.41, 5.74) is 0. The highest BCUT2D eigenvalue weighted by Crippen LogP contribution is 2.18. The molecule has 1 atom stereocenters. The van der Waals surface area contributed by atoms with E-state index in [1.165, 1.54) is 205 Å². The fourth-order valence-corrected chi connectivity index (χ4v) is 9.92. The zero-order chi connectivity index (χ0) is 56.4. The highest BCUT2D eigenvalue weighted by atomic mass is 16.6. The van der Waals surface area contributed by atoms with Gasteiger partial charge in [-0.05, 0) is 70.6 Å². The molecule has 452 valence electrons. The Morgan fingerprint density at radius 1 is 0.269 bits per heavy atom. The smallest absolute Gasteiger partial charge is 0.306 e. The molecule has 0 bridgehead atoms. The second-order valence-electron chi connectivity index (χ2n) is 22.7. The Hall–Kier alpha value is -3.15. The van der Waals surface area contributed by atoms with Gasteiger partial charge in [0.25, 0.3) is 0 Å². The lowest BCUT2D eigenvalue weighted by molar-refractivity contribution is -0.167. The van der Waals surface area contributed by atoms with E-state index in [2.05, 4.69) is 93.7 Å². The SMILES string of the molecule is CC/C=C\C/C=C\C/C=C\C/C=C\C/C=C\C/C=C\CCCCCCCCCCC(=O)OCC(COC(=O)CCCCCCCCCCCCCCCCCC)OC(=O)CCCCCCCCCCCCCCCCCCC. The van der Waals surface area contributed by atoms with Crippen molar-refractivity contribution in [3.63, 3.8) is 0 Å². The van der Waals surface area contributed by atoms with Crippen molar-refractivity contribution in [2.24, 2.45) is 0 Å². The van der Waals surface area contributed by atoms with E-state index in [9.17, 15) is 14.4 Å². The normalized spacial score (nSPS) is 12.5. The molecule has 0 saturated carbocycles. The number of allylic oxidation sites excluding steroid dienone is 12. The van der Waals surface area contributed by atoms with Gasteiger partial charge in [0.2, 0.25) is 0 Å². The first-order valence-electron chi connectivity index (χ1n) is 33.9. The van der Waals surface area contributed by atoms with Crippen molar-refractivity contribution in [1.82, 2.24) is 0 Å².